The molecule has 0 bridgehead atoms. The quantitative estimate of drug-likeness (QED) is 0.444. The lowest BCUT2D eigenvalue weighted by atomic mass is 10.1. The Morgan fingerprint density at radius 3 is 2.77 bits per heavy atom. The summed E-state index contributed by atoms with van der Waals surface area (Å²) in [7, 11) is 2.00. The number of hydroxylamine groups is 1. The molecule has 1 unspecified atom stereocenters. The Bertz CT molecular complexity index is 1300. The van der Waals surface area contributed by atoms with Crippen LogP contribution < -0.4 is 21.0 Å². The lowest BCUT2D eigenvalue weighted by Crippen LogP contribution is -2.31. The van der Waals surface area contributed by atoms with Gasteiger partial charge >= 0.3 is 0 Å². The van der Waals surface area contributed by atoms with Crippen LogP contribution >= 0.6 is 0 Å². The minimum absolute atomic E-state index is 0.0156. The number of anilines is 4. The SMILES string of the molecule is CCONC(=O)c1cnc(NC(=O)C2CC2)cc1Nc1cccc2c1N(C)C(C)c1nc(C)nn1-2. The summed E-state index contributed by atoms with van der Waals surface area (Å²) in [6.45, 7) is 6.05. The van der Waals surface area contributed by atoms with Gasteiger partial charge in [-0.05, 0) is 45.7 Å². The van der Waals surface area contributed by atoms with E-state index in [-0.39, 0.29) is 23.4 Å². The molecule has 2 aromatic heterocycles. The van der Waals surface area contributed by atoms with Crippen molar-refractivity contribution in [2.75, 3.05) is 29.2 Å². The number of nitrogens with zero attached hydrogens (tertiary/aromatic N) is 5. The molecule has 182 valence electrons. The van der Waals surface area contributed by atoms with Crippen LogP contribution in [0, 0.1) is 12.8 Å². The molecule has 3 aromatic rings. The third-order valence-electron chi connectivity index (χ3n) is 6.21. The van der Waals surface area contributed by atoms with E-state index in [1.807, 2.05) is 36.9 Å². The molecule has 1 saturated carbocycles. The van der Waals surface area contributed by atoms with Crippen molar-refractivity contribution in [2.24, 2.45) is 5.92 Å². The maximum absolute atomic E-state index is 12.8. The number of hydrogen-bond donors (Lipinski definition) is 3. The Kier molecular flexibility index (Phi) is 5.85. The van der Waals surface area contributed by atoms with E-state index in [0.29, 0.717) is 23.9 Å². The number of fused-ring (bicyclic) bond motifs is 3. The summed E-state index contributed by atoms with van der Waals surface area (Å²) in [6.07, 6.45) is 3.20. The molecule has 1 aliphatic carbocycles. The van der Waals surface area contributed by atoms with Crippen LogP contribution in [-0.2, 0) is 9.63 Å². The normalized spacial score (nSPS) is 16.3. The van der Waals surface area contributed by atoms with Gasteiger partial charge in [0.15, 0.2) is 5.82 Å². The zero-order chi connectivity index (χ0) is 24.7. The molecule has 1 aliphatic heterocycles. The van der Waals surface area contributed by atoms with Crippen LogP contribution in [0.5, 0.6) is 0 Å². The maximum atomic E-state index is 12.8. The summed E-state index contributed by atoms with van der Waals surface area (Å²) in [6, 6.07) is 7.49. The van der Waals surface area contributed by atoms with Crippen molar-refractivity contribution >= 4 is 34.7 Å². The average molecular weight is 477 g/mol. The molecule has 35 heavy (non-hydrogen) atoms. The lowest BCUT2D eigenvalue weighted by Gasteiger charge is -2.35. The third kappa shape index (κ3) is 4.30. The molecule has 2 amide bonds. The summed E-state index contributed by atoms with van der Waals surface area (Å²) in [4.78, 5) is 41.2. The topological polar surface area (TPSA) is 126 Å². The predicted octanol–water partition coefficient (Wildman–Crippen LogP) is 3.25. The van der Waals surface area contributed by atoms with Crippen LogP contribution in [0.2, 0.25) is 0 Å². The molecule has 2 aliphatic rings. The minimum atomic E-state index is -0.442. The Morgan fingerprint density at radius 1 is 1.23 bits per heavy atom. The van der Waals surface area contributed by atoms with E-state index in [1.165, 1.54) is 6.20 Å². The predicted molar refractivity (Wildman–Crippen MR) is 131 cm³/mol. The largest absolute Gasteiger partial charge is 0.361 e. The van der Waals surface area contributed by atoms with E-state index >= 15 is 0 Å². The van der Waals surface area contributed by atoms with Crippen molar-refractivity contribution in [1.29, 1.82) is 0 Å². The van der Waals surface area contributed by atoms with Gasteiger partial charge in [-0.15, -0.1) is 0 Å². The van der Waals surface area contributed by atoms with Gasteiger partial charge in [0.25, 0.3) is 5.91 Å². The monoisotopic (exact) mass is 476 g/mol. The maximum Gasteiger partial charge on any atom is 0.278 e. The summed E-state index contributed by atoms with van der Waals surface area (Å²) in [5.74, 6) is 1.47. The van der Waals surface area contributed by atoms with Crippen LogP contribution in [0.3, 0.4) is 0 Å². The van der Waals surface area contributed by atoms with Crippen molar-refractivity contribution in [3.8, 4) is 5.69 Å². The fourth-order valence-electron chi connectivity index (χ4n) is 4.14. The number of aromatic nitrogens is 4. The highest BCUT2D eigenvalue weighted by atomic mass is 16.6. The molecule has 3 N–H and O–H groups in total. The Balaban J connectivity index is 1.55. The second-order valence-electron chi connectivity index (χ2n) is 8.76. The molecule has 11 heteroatoms. The summed E-state index contributed by atoms with van der Waals surface area (Å²) < 4.78 is 1.86. The van der Waals surface area contributed by atoms with E-state index < -0.39 is 5.91 Å². The standard InChI is InChI=1S/C24H28N8O3/c1-5-35-30-24(34)16-12-25-20(28-23(33)15-9-10-15)11-18(16)27-17-7-6-8-19-21(17)31(4)13(2)22-26-14(3)29-32(19)22/h6-8,11-13,15H,5,9-10H2,1-4H3,(H,30,34)(H2,25,27,28,33). The van der Waals surface area contributed by atoms with Crippen molar-refractivity contribution in [1.82, 2.24) is 25.2 Å². The van der Waals surface area contributed by atoms with Gasteiger partial charge in [0.05, 0.1) is 41.0 Å². The Labute approximate surface area is 202 Å². The second-order valence-corrected chi connectivity index (χ2v) is 8.76. The number of carbonyl (C=O) groups is 2. The van der Waals surface area contributed by atoms with E-state index in [0.717, 1.165) is 35.7 Å². The average Bonchev–Trinajstić information content (AvgIpc) is 3.62. The number of carbonyl (C=O) groups excluding carboxylic acids is 2. The van der Waals surface area contributed by atoms with Gasteiger partial charge in [-0.25, -0.2) is 20.1 Å². The highest BCUT2D eigenvalue weighted by molar-refractivity contribution is 6.01. The fraction of sp³-hybridized carbons (Fsp3) is 0.375. The number of aryl methyl sites for hydroxylation is 1. The first kappa shape index (κ1) is 22.8. The zero-order valence-corrected chi connectivity index (χ0v) is 20.1. The second kappa shape index (κ2) is 8.99. The summed E-state index contributed by atoms with van der Waals surface area (Å²) in [5, 5.41) is 10.8. The van der Waals surface area contributed by atoms with Crippen LogP contribution in [0.25, 0.3) is 5.69 Å². The van der Waals surface area contributed by atoms with Crippen LogP contribution in [0.15, 0.2) is 30.5 Å². The first-order valence-electron chi connectivity index (χ1n) is 11.7. The van der Waals surface area contributed by atoms with Crippen molar-refractivity contribution in [2.45, 2.75) is 39.7 Å². The number of benzene rings is 1. The van der Waals surface area contributed by atoms with Crippen molar-refractivity contribution in [3.63, 3.8) is 0 Å². The van der Waals surface area contributed by atoms with Gasteiger partial charge in [-0.1, -0.05) is 6.07 Å². The lowest BCUT2D eigenvalue weighted by molar-refractivity contribution is -0.117. The van der Waals surface area contributed by atoms with Crippen LogP contribution in [0.1, 0.15) is 54.7 Å². The molecule has 1 aromatic carbocycles. The number of nitrogens with one attached hydrogen (secondary N) is 3. The first-order valence-corrected chi connectivity index (χ1v) is 11.7. The third-order valence-corrected chi connectivity index (χ3v) is 6.21. The van der Waals surface area contributed by atoms with Crippen molar-refractivity contribution < 1.29 is 14.4 Å². The van der Waals surface area contributed by atoms with E-state index in [2.05, 4.69) is 43.0 Å². The van der Waals surface area contributed by atoms with Gasteiger partial charge in [0.1, 0.15) is 11.6 Å². The molecule has 3 heterocycles. The van der Waals surface area contributed by atoms with Crippen molar-refractivity contribution in [3.05, 3.63) is 47.7 Å². The summed E-state index contributed by atoms with van der Waals surface area (Å²) in [5.41, 5.74) is 5.74. The van der Waals surface area contributed by atoms with Gasteiger partial charge in [0, 0.05) is 25.2 Å². The van der Waals surface area contributed by atoms with Gasteiger partial charge in [0.2, 0.25) is 5.91 Å². The molecule has 0 saturated heterocycles. The number of pyridine rings is 1. The molecular weight excluding hydrogens is 448 g/mol. The molecule has 5 rings (SSSR count). The van der Waals surface area contributed by atoms with E-state index in [9.17, 15) is 9.59 Å². The van der Waals surface area contributed by atoms with E-state index in [1.54, 1.807) is 13.0 Å². The van der Waals surface area contributed by atoms with Gasteiger partial charge in [-0.2, -0.15) is 5.10 Å². The smallest absolute Gasteiger partial charge is 0.278 e. The molecular formula is C24H28N8O3. The number of hydrogen-bond acceptors (Lipinski definition) is 8. The number of rotatable bonds is 7. The molecule has 0 spiro atoms. The molecule has 1 fully saturated rings. The number of amides is 2. The highest BCUT2D eigenvalue weighted by Gasteiger charge is 2.32. The summed E-state index contributed by atoms with van der Waals surface area (Å²) >= 11 is 0. The Hall–Kier alpha value is -3.99. The fourth-order valence-corrected chi connectivity index (χ4v) is 4.14. The van der Waals surface area contributed by atoms with Crippen LogP contribution in [-0.4, -0.2) is 45.2 Å². The minimum Gasteiger partial charge on any atom is -0.361 e. The zero-order valence-electron chi connectivity index (χ0n) is 20.1. The van der Waals surface area contributed by atoms with E-state index in [4.69, 9.17) is 4.84 Å². The molecule has 11 nitrogen and oxygen atoms in total. The van der Waals surface area contributed by atoms with Gasteiger partial charge < -0.3 is 15.5 Å². The van der Waals surface area contributed by atoms with Gasteiger partial charge in [-0.3, -0.25) is 14.4 Å². The Morgan fingerprint density at radius 2 is 2.03 bits per heavy atom. The van der Waals surface area contributed by atoms with Crippen LogP contribution in [0.4, 0.5) is 22.9 Å². The number of para-hydroxylation sites is 1. The molecule has 1 atom stereocenters. The highest BCUT2D eigenvalue weighted by Crippen LogP contribution is 2.42. The molecule has 0 radical (unpaired) electrons. The first-order chi connectivity index (χ1) is 16.9.